The second-order valence-electron chi connectivity index (χ2n) is 6.22. The van der Waals surface area contributed by atoms with Crippen LogP contribution in [0.15, 0.2) is 66.9 Å². The molecule has 4 nitrogen and oxygen atoms in total. The van der Waals surface area contributed by atoms with Crippen molar-refractivity contribution in [1.82, 2.24) is 9.88 Å². The van der Waals surface area contributed by atoms with E-state index >= 15 is 0 Å². The lowest BCUT2D eigenvalue weighted by molar-refractivity contribution is 0.217. The van der Waals surface area contributed by atoms with Crippen molar-refractivity contribution in [3.8, 4) is 0 Å². The van der Waals surface area contributed by atoms with Gasteiger partial charge in [0, 0.05) is 19.3 Å². The number of amides is 2. The lowest BCUT2D eigenvalue weighted by atomic mass is 9.94. The summed E-state index contributed by atoms with van der Waals surface area (Å²) in [5, 5.41) is 5.61. The van der Waals surface area contributed by atoms with E-state index in [0.29, 0.717) is 23.9 Å². The minimum absolute atomic E-state index is 0.159. The zero-order chi connectivity index (χ0) is 17.9. The molecule has 0 saturated carbocycles. The van der Waals surface area contributed by atoms with Gasteiger partial charge in [-0.3, -0.25) is 0 Å². The fourth-order valence-electron chi connectivity index (χ4n) is 3.28. The fraction of sp³-hybridized carbons (Fsp3) is 0.143. The number of benzene rings is 2. The van der Waals surface area contributed by atoms with Crippen LogP contribution in [-0.4, -0.2) is 29.0 Å². The molecule has 1 aliphatic heterocycles. The summed E-state index contributed by atoms with van der Waals surface area (Å²) in [4.78, 5) is 18.2. The van der Waals surface area contributed by atoms with Crippen molar-refractivity contribution in [1.29, 1.82) is 0 Å². The van der Waals surface area contributed by atoms with Gasteiger partial charge in [-0.15, -0.1) is 0 Å². The molecule has 0 aliphatic carbocycles. The largest absolute Gasteiger partial charge is 0.322 e. The smallest absolute Gasteiger partial charge is 0.320 e. The summed E-state index contributed by atoms with van der Waals surface area (Å²) in [7, 11) is 0. The van der Waals surface area contributed by atoms with Crippen LogP contribution in [0.25, 0.3) is 16.3 Å². The molecule has 4 rings (SSSR count). The molecule has 26 heavy (non-hydrogen) atoms. The second kappa shape index (κ2) is 7.18. The van der Waals surface area contributed by atoms with Gasteiger partial charge in [-0.2, -0.15) is 0 Å². The molecule has 0 unspecified atom stereocenters. The monoisotopic (exact) mass is 363 g/mol. The molecular weight excluding hydrogens is 346 g/mol. The van der Waals surface area contributed by atoms with Crippen molar-refractivity contribution in [2.24, 2.45) is 0 Å². The van der Waals surface area contributed by atoms with Crippen LogP contribution in [0.5, 0.6) is 0 Å². The number of nitrogens with one attached hydrogen (secondary N) is 1. The normalized spacial score (nSPS) is 14.2. The van der Waals surface area contributed by atoms with Crippen LogP contribution < -0.4 is 5.32 Å². The molecular formula is C21H18ClN3O. The molecule has 3 aromatic rings. The number of hydrogen-bond donors (Lipinski definition) is 1. The SMILES string of the molecule is O=C(Nc1cccnc1Cl)N1CC=C(c2cccc3ccccc23)CC1. The Bertz CT molecular complexity index is 994. The van der Waals surface area contributed by atoms with Crippen molar-refractivity contribution in [3.63, 3.8) is 0 Å². The van der Waals surface area contributed by atoms with Crippen molar-refractivity contribution in [2.45, 2.75) is 6.42 Å². The van der Waals surface area contributed by atoms with Crippen molar-refractivity contribution >= 4 is 39.7 Å². The highest BCUT2D eigenvalue weighted by Crippen LogP contribution is 2.29. The van der Waals surface area contributed by atoms with Crippen LogP contribution in [-0.2, 0) is 0 Å². The molecule has 2 amide bonds. The van der Waals surface area contributed by atoms with Crippen molar-refractivity contribution in [3.05, 3.63) is 77.6 Å². The number of urea groups is 1. The number of anilines is 1. The Morgan fingerprint density at radius 1 is 1.08 bits per heavy atom. The number of fused-ring (bicyclic) bond motifs is 1. The van der Waals surface area contributed by atoms with Crippen LogP contribution in [0.4, 0.5) is 10.5 Å². The average molecular weight is 364 g/mol. The van der Waals surface area contributed by atoms with E-state index in [1.807, 2.05) is 0 Å². The molecule has 2 aromatic carbocycles. The first kappa shape index (κ1) is 16.6. The lowest BCUT2D eigenvalue weighted by Crippen LogP contribution is -2.38. The number of pyridine rings is 1. The number of hydrogen-bond acceptors (Lipinski definition) is 2. The van der Waals surface area contributed by atoms with Crippen molar-refractivity contribution in [2.75, 3.05) is 18.4 Å². The maximum Gasteiger partial charge on any atom is 0.322 e. The van der Waals surface area contributed by atoms with E-state index in [1.165, 1.54) is 21.9 Å². The Labute approximate surface area is 157 Å². The molecule has 0 bridgehead atoms. The van der Waals surface area contributed by atoms with Gasteiger partial charge in [-0.05, 0) is 40.5 Å². The number of halogens is 1. The van der Waals surface area contributed by atoms with Gasteiger partial charge in [0.05, 0.1) is 5.69 Å². The number of carbonyl (C=O) groups excluding carboxylic acids is 1. The van der Waals surface area contributed by atoms with E-state index in [4.69, 9.17) is 11.6 Å². The first-order valence-corrected chi connectivity index (χ1v) is 8.94. The maximum atomic E-state index is 12.5. The van der Waals surface area contributed by atoms with Gasteiger partial charge in [-0.25, -0.2) is 9.78 Å². The first-order chi connectivity index (χ1) is 12.7. The highest BCUT2D eigenvalue weighted by Gasteiger charge is 2.19. The predicted octanol–water partition coefficient (Wildman–Crippen LogP) is 5.21. The summed E-state index contributed by atoms with van der Waals surface area (Å²) in [5.74, 6) is 0. The van der Waals surface area contributed by atoms with Crippen LogP contribution in [0, 0.1) is 0 Å². The Morgan fingerprint density at radius 3 is 2.73 bits per heavy atom. The van der Waals surface area contributed by atoms with Gasteiger partial charge in [0.15, 0.2) is 5.15 Å². The highest BCUT2D eigenvalue weighted by molar-refractivity contribution is 6.32. The van der Waals surface area contributed by atoms with Gasteiger partial charge in [0.25, 0.3) is 0 Å². The van der Waals surface area contributed by atoms with Gasteiger partial charge in [0.1, 0.15) is 0 Å². The van der Waals surface area contributed by atoms with E-state index in [2.05, 4.69) is 58.8 Å². The summed E-state index contributed by atoms with van der Waals surface area (Å²) >= 11 is 6.01. The first-order valence-electron chi connectivity index (χ1n) is 8.56. The molecule has 0 spiro atoms. The Hall–Kier alpha value is -2.85. The third kappa shape index (κ3) is 3.28. The standard InChI is InChI=1S/C21H18ClN3O/c22-20-19(9-4-12-23-20)24-21(26)25-13-10-16(11-14-25)18-8-3-6-15-5-1-2-7-17(15)18/h1-10,12H,11,13-14H2,(H,24,26). The van der Waals surface area contributed by atoms with Crippen LogP contribution in [0.1, 0.15) is 12.0 Å². The molecule has 0 saturated heterocycles. The summed E-state index contributed by atoms with van der Waals surface area (Å²) in [6.07, 6.45) is 4.55. The zero-order valence-electron chi connectivity index (χ0n) is 14.2. The van der Waals surface area contributed by atoms with Gasteiger partial charge in [-0.1, -0.05) is 60.1 Å². The van der Waals surface area contributed by atoms with E-state index in [9.17, 15) is 4.79 Å². The van der Waals surface area contributed by atoms with Crippen LogP contribution in [0.3, 0.4) is 0 Å². The van der Waals surface area contributed by atoms with Crippen molar-refractivity contribution < 1.29 is 4.79 Å². The van der Waals surface area contributed by atoms with Gasteiger partial charge < -0.3 is 10.2 Å². The molecule has 1 aliphatic rings. The minimum Gasteiger partial charge on any atom is -0.320 e. The highest BCUT2D eigenvalue weighted by atomic mass is 35.5. The maximum absolute atomic E-state index is 12.5. The topological polar surface area (TPSA) is 45.2 Å². The van der Waals surface area contributed by atoms with E-state index in [-0.39, 0.29) is 6.03 Å². The summed E-state index contributed by atoms with van der Waals surface area (Å²) in [6.45, 7) is 1.24. The number of rotatable bonds is 2. The molecule has 5 heteroatoms. The lowest BCUT2D eigenvalue weighted by Gasteiger charge is -2.27. The Kier molecular flexibility index (Phi) is 4.59. The quantitative estimate of drug-likeness (QED) is 0.635. The van der Waals surface area contributed by atoms with Crippen LogP contribution in [0.2, 0.25) is 5.15 Å². The third-order valence-electron chi connectivity index (χ3n) is 4.63. The average Bonchev–Trinajstić information content (AvgIpc) is 2.69. The molecule has 1 aromatic heterocycles. The molecule has 0 radical (unpaired) electrons. The van der Waals surface area contributed by atoms with Gasteiger partial charge in [0.2, 0.25) is 0 Å². The second-order valence-corrected chi connectivity index (χ2v) is 6.58. The molecule has 130 valence electrons. The van der Waals surface area contributed by atoms with Gasteiger partial charge >= 0.3 is 6.03 Å². The number of aromatic nitrogens is 1. The molecule has 2 heterocycles. The van der Waals surface area contributed by atoms with E-state index < -0.39 is 0 Å². The third-order valence-corrected chi connectivity index (χ3v) is 4.93. The summed E-state index contributed by atoms with van der Waals surface area (Å²) in [5.41, 5.74) is 3.06. The fourth-order valence-corrected chi connectivity index (χ4v) is 3.44. The Balaban J connectivity index is 1.51. The van der Waals surface area contributed by atoms with E-state index in [1.54, 1.807) is 23.2 Å². The van der Waals surface area contributed by atoms with E-state index in [0.717, 1.165) is 6.42 Å². The predicted molar refractivity (Wildman–Crippen MR) is 106 cm³/mol. The summed E-state index contributed by atoms with van der Waals surface area (Å²) < 4.78 is 0. The molecule has 0 fully saturated rings. The Morgan fingerprint density at radius 2 is 1.92 bits per heavy atom. The number of carbonyl (C=O) groups is 1. The summed E-state index contributed by atoms with van der Waals surface area (Å²) in [6, 6.07) is 18.1. The zero-order valence-corrected chi connectivity index (χ0v) is 14.9. The van der Waals surface area contributed by atoms with Crippen LogP contribution >= 0.6 is 11.6 Å². The molecule has 0 atom stereocenters. The minimum atomic E-state index is -0.159. The molecule has 1 N–H and O–H groups in total. The number of nitrogens with zero attached hydrogens (tertiary/aromatic N) is 2.